The van der Waals surface area contributed by atoms with E-state index in [0.29, 0.717) is 29.9 Å². The van der Waals surface area contributed by atoms with Gasteiger partial charge in [0, 0.05) is 6.20 Å². The van der Waals surface area contributed by atoms with Crippen molar-refractivity contribution in [3.8, 4) is 11.5 Å². The molecule has 4 rings (SSSR count). The van der Waals surface area contributed by atoms with Gasteiger partial charge in [0.25, 0.3) is 0 Å². The first-order valence-electron chi connectivity index (χ1n) is 10.4. The Morgan fingerprint density at radius 1 is 1.09 bits per heavy atom. The lowest BCUT2D eigenvalue weighted by atomic mass is 10.0. The normalized spacial score (nSPS) is 16.7. The first-order chi connectivity index (χ1) is 15.4. The Kier molecular flexibility index (Phi) is 6.16. The van der Waals surface area contributed by atoms with Crippen LogP contribution < -0.4 is 15.0 Å². The molecule has 166 valence electrons. The minimum absolute atomic E-state index is 0.0713. The number of rotatable bonds is 7. The molecule has 1 amide bonds. The van der Waals surface area contributed by atoms with Crippen LogP contribution in [0.3, 0.4) is 0 Å². The van der Waals surface area contributed by atoms with E-state index in [1.165, 1.54) is 12.1 Å². The van der Waals surface area contributed by atoms with Crippen molar-refractivity contribution in [3.05, 3.63) is 66.4 Å². The third kappa shape index (κ3) is 4.77. The summed E-state index contributed by atoms with van der Waals surface area (Å²) in [5.74, 6) is 1.85. The number of aromatic nitrogens is 3. The Hall–Kier alpha value is -3.75. The van der Waals surface area contributed by atoms with E-state index in [-0.39, 0.29) is 23.8 Å². The van der Waals surface area contributed by atoms with Gasteiger partial charge in [-0.3, -0.25) is 9.88 Å². The predicted molar refractivity (Wildman–Crippen MR) is 117 cm³/mol. The number of benzene rings is 1. The molecule has 1 N–H and O–H groups in total. The highest BCUT2D eigenvalue weighted by Crippen LogP contribution is 2.27. The molecular weight excluding hydrogens is 413 g/mol. The first kappa shape index (κ1) is 21.5. The fourth-order valence-electron chi connectivity index (χ4n) is 3.36. The largest absolute Gasteiger partial charge is 0.456 e. The van der Waals surface area contributed by atoms with Gasteiger partial charge in [-0.1, -0.05) is 13.8 Å². The molecule has 3 aromatic rings. The summed E-state index contributed by atoms with van der Waals surface area (Å²) in [6, 6.07) is 10.8. The molecule has 1 saturated heterocycles. The summed E-state index contributed by atoms with van der Waals surface area (Å²) in [6.07, 6.45) is 2.80. The van der Waals surface area contributed by atoms with Crippen LogP contribution in [0.2, 0.25) is 0 Å². The lowest BCUT2D eigenvalue weighted by molar-refractivity contribution is 0.177. The van der Waals surface area contributed by atoms with E-state index in [4.69, 9.17) is 9.47 Å². The van der Waals surface area contributed by atoms with Gasteiger partial charge in [-0.2, -0.15) is 4.98 Å². The maximum absolute atomic E-state index is 13.0. The summed E-state index contributed by atoms with van der Waals surface area (Å²) >= 11 is 0. The van der Waals surface area contributed by atoms with Crippen LogP contribution in [0.1, 0.15) is 32.5 Å². The summed E-state index contributed by atoms with van der Waals surface area (Å²) < 4.78 is 23.9. The third-order valence-corrected chi connectivity index (χ3v) is 5.16. The summed E-state index contributed by atoms with van der Waals surface area (Å²) in [7, 11) is 0. The number of nitrogens with zero attached hydrogens (tertiary/aromatic N) is 4. The quantitative estimate of drug-likeness (QED) is 0.559. The SMILES string of the molecule is CC(Nc1nccc(N2C(=O)OCC2C(C)C)n1)c1ccc(Oc2ccc(F)cc2)cn1. The zero-order valence-electron chi connectivity index (χ0n) is 18.0. The van der Waals surface area contributed by atoms with Gasteiger partial charge >= 0.3 is 6.09 Å². The van der Waals surface area contributed by atoms with Crippen LogP contribution in [-0.4, -0.2) is 33.7 Å². The zero-order chi connectivity index (χ0) is 22.7. The average molecular weight is 437 g/mol. The minimum atomic E-state index is -0.403. The summed E-state index contributed by atoms with van der Waals surface area (Å²) in [4.78, 5) is 27.0. The molecule has 1 fully saturated rings. The summed E-state index contributed by atoms with van der Waals surface area (Å²) in [5.41, 5.74) is 0.756. The minimum Gasteiger partial charge on any atom is -0.456 e. The van der Waals surface area contributed by atoms with E-state index in [9.17, 15) is 9.18 Å². The molecule has 0 spiro atoms. The smallest absolute Gasteiger partial charge is 0.415 e. The van der Waals surface area contributed by atoms with Crippen molar-refractivity contribution in [1.29, 1.82) is 0 Å². The maximum Gasteiger partial charge on any atom is 0.415 e. The maximum atomic E-state index is 13.0. The van der Waals surface area contributed by atoms with E-state index in [1.807, 2.05) is 26.8 Å². The number of hydrogen-bond acceptors (Lipinski definition) is 7. The van der Waals surface area contributed by atoms with Gasteiger partial charge in [-0.15, -0.1) is 0 Å². The number of carbonyl (C=O) groups excluding carboxylic acids is 1. The van der Waals surface area contributed by atoms with E-state index in [1.54, 1.807) is 41.6 Å². The summed E-state index contributed by atoms with van der Waals surface area (Å²) in [5, 5.41) is 3.21. The van der Waals surface area contributed by atoms with Crippen LogP contribution >= 0.6 is 0 Å². The van der Waals surface area contributed by atoms with Crippen molar-refractivity contribution in [1.82, 2.24) is 15.0 Å². The number of halogens is 1. The Morgan fingerprint density at radius 3 is 2.53 bits per heavy atom. The number of carbonyl (C=O) groups is 1. The van der Waals surface area contributed by atoms with Crippen LogP contribution in [0, 0.1) is 11.7 Å². The molecule has 8 nitrogen and oxygen atoms in total. The molecule has 2 atom stereocenters. The molecule has 1 aromatic carbocycles. The number of ether oxygens (including phenoxy) is 2. The highest BCUT2D eigenvalue weighted by molar-refractivity contribution is 5.89. The fraction of sp³-hybridized carbons (Fsp3) is 0.304. The lowest BCUT2D eigenvalue weighted by Crippen LogP contribution is -2.37. The fourth-order valence-corrected chi connectivity index (χ4v) is 3.36. The lowest BCUT2D eigenvalue weighted by Gasteiger charge is -2.23. The van der Waals surface area contributed by atoms with E-state index in [2.05, 4.69) is 20.3 Å². The third-order valence-electron chi connectivity index (χ3n) is 5.16. The Labute approximate surface area is 185 Å². The number of hydrogen-bond donors (Lipinski definition) is 1. The van der Waals surface area contributed by atoms with E-state index < -0.39 is 6.09 Å². The van der Waals surface area contributed by atoms with Crippen molar-refractivity contribution in [2.75, 3.05) is 16.8 Å². The van der Waals surface area contributed by atoms with Crippen molar-refractivity contribution < 1.29 is 18.7 Å². The standard InChI is InChI=1S/C23H24FN5O3/c1-14(2)20-13-31-23(30)29(20)21-10-11-25-22(28-21)27-15(3)19-9-8-18(12-26-19)32-17-6-4-16(24)5-7-17/h4-12,14-15,20H,13H2,1-3H3,(H,25,27,28). The molecule has 32 heavy (non-hydrogen) atoms. The van der Waals surface area contributed by atoms with Crippen LogP contribution in [0.25, 0.3) is 0 Å². The van der Waals surface area contributed by atoms with Crippen LogP contribution in [0.4, 0.5) is 21.0 Å². The Balaban J connectivity index is 1.43. The monoisotopic (exact) mass is 437 g/mol. The Bertz CT molecular complexity index is 1080. The van der Waals surface area contributed by atoms with Crippen LogP contribution in [-0.2, 0) is 4.74 Å². The number of nitrogens with one attached hydrogen (secondary N) is 1. The van der Waals surface area contributed by atoms with Crippen LogP contribution in [0.15, 0.2) is 54.9 Å². The number of amides is 1. The highest BCUT2D eigenvalue weighted by Gasteiger charge is 2.37. The number of pyridine rings is 1. The second-order valence-electron chi connectivity index (χ2n) is 7.84. The molecule has 2 unspecified atom stereocenters. The number of cyclic esters (lactones) is 1. The van der Waals surface area contributed by atoms with Gasteiger partial charge in [0.05, 0.1) is 24.0 Å². The van der Waals surface area contributed by atoms with Crippen molar-refractivity contribution >= 4 is 17.9 Å². The van der Waals surface area contributed by atoms with Crippen molar-refractivity contribution in [2.24, 2.45) is 5.92 Å². The van der Waals surface area contributed by atoms with E-state index >= 15 is 0 Å². The molecule has 0 saturated carbocycles. The second-order valence-corrected chi connectivity index (χ2v) is 7.84. The van der Waals surface area contributed by atoms with Gasteiger partial charge in [-0.05, 0) is 55.3 Å². The topological polar surface area (TPSA) is 89.5 Å². The van der Waals surface area contributed by atoms with E-state index in [0.717, 1.165) is 5.69 Å². The number of anilines is 2. The molecule has 1 aliphatic rings. The predicted octanol–water partition coefficient (Wildman–Crippen LogP) is 4.96. The first-order valence-corrected chi connectivity index (χ1v) is 10.4. The molecule has 1 aliphatic heterocycles. The van der Waals surface area contributed by atoms with Crippen molar-refractivity contribution in [2.45, 2.75) is 32.9 Å². The van der Waals surface area contributed by atoms with Gasteiger partial charge < -0.3 is 14.8 Å². The molecule has 2 aromatic heterocycles. The second kappa shape index (κ2) is 9.17. The molecule has 0 aliphatic carbocycles. The zero-order valence-corrected chi connectivity index (χ0v) is 18.0. The molecule has 0 bridgehead atoms. The van der Waals surface area contributed by atoms with Gasteiger partial charge in [-0.25, -0.2) is 14.2 Å². The van der Waals surface area contributed by atoms with Gasteiger partial charge in [0.15, 0.2) is 0 Å². The van der Waals surface area contributed by atoms with Crippen LogP contribution in [0.5, 0.6) is 11.5 Å². The summed E-state index contributed by atoms with van der Waals surface area (Å²) in [6.45, 7) is 6.35. The van der Waals surface area contributed by atoms with Gasteiger partial charge in [0.2, 0.25) is 5.95 Å². The van der Waals surface area contributed by atoms with Gasteiger partial charge in [0.1, 0.15) is 29.7 Å². The molecule has 0 radical (unpaired) electrons. The highest BCUT2D eigenvalue weighted by atomic mass is 19.1. The molecule has 3 heterocycles. The average Bonchev–Trinajstić information content (AvgIpc) is 3.18. The van der Waals surface area contributed by atoms with Crippen molar-refractivity contribution in [3.63, 3.8) is 0 Å². The molecular formula is C23H24FN5O3. The Morgan fingerprint density at radius 2 is 1.84 bits per heavy atom. The molecule has 9 heteroatoms.